The number of ketones is 1. The summed E-state index contributed by atoms with van der Waals surface area (Å²) in [4.78, 5) is 24.3. The highest BCUT2D eigenvalue weighted by Crippen LogP contribution is 2.22. The molecule has 0 radical (unpaired) electrons. The number of rotatable bonds is 3. The maximum absolute atomic E-state index is 13.6. The monoisotopic (exact) mass is 285 g/mol. The quantitative estimate of drug-likeness (QED) is 0.867. The molecule has 1 aromatic carbocycles. The van der Waals surface area contributed by atoms with Crippen LogP contribution >= 0.6 is 0 Å². The van der Waals surface area contributed by atoms with E-state index in [2.05, 4.69) is 0 Å². The Balaban J connectivity index is 3.23. The smallest absolute Gasteiger partial charge is 0.408 e. The largest absolute Gasteiger partial charge is 0.465 e. The second kappa shape index (κ2) is 5.56. The summed E-state index contributed by atoms with van der Waals surface area (Å²) in [5.74, 6) is -2.90. The van der Waals surface area contributed by atoms with Gasteiger partial charge in [0, 0.05) is 5.54 Å². The highest BCUT2D eigenvalue weighted by molar-refractivity contribution is 6.01. The molecule has 1 aromatic rings. The van der Waals surface area contributed by atoms with E-state index < -0.39 is 40.7 Å². The minimum atomic E-state index is -1.32. The van der Waals surface area contributed by atoms with Gasteiger partial charge >= 0.3 is 6.09 Å². The van der Waals surface area contributed by atoms with Gasteiger partial charge in [-0.15, -0.1) is 0 Å². The standard InChI is InChI=1S/C14H17F2NO3/c1-8(17(13(19)20)14(2,3)4)12(18)11-9(15)6-5-7-10(11)16/h5-8H,1-4H3,(H,19,20)/t8-/m1/s1. The van der Waals surface area contributed by atoms with Crippen LogP contribution in [0.15, 0.2) is 18.2 Å². The summed E-state index contributed by atoms with van der Waals surface area (Å²) in [7, 11) is 0. The molecule has 1 amide bonds. The summed E-state index contributed by atoms with van der Waals surface area (Å²) in [5.41, 5.74) is -1.58. The molecule has 4 nitrogen and oxygen atoms in total. The lowest BCUT2D eigenvalue weighted by molar-refractivity contribution is 0.0582. The van der Waals surface area contributed by atoms with E-state index in [0.29, 0.717) is 0 Å². The molecule has 20 heavy (non-hydrogen) atoms. The van der Waals surface area contributed by atoms with Crippen LogP contribution in [0.1, 0.15) is 38.1 Å². The molecule has 1 N–H and O–H groups in total. The first-order chi connectivity index (χ1) is 9.07. The zero-order valence-corrected chi connectivity index (χ0v) is 11.8. The van der Waals surface area contributed by atoms with Crippen molar-refractivity contribution in [3.8, 4) is 0 Å². The van der Waals surface area contributed by atoms with Gasteiger partial charge < -0.3 is 5.11 Å². The van der Waals surface area contributed by atoms with Crippen molar-refractivity contribution in [3.05, 3.63) is 35.4 Å². The van der Waals surface area contributed by atoms with E-state index in [1.165, 1.54) is 6.92 Å². The average molecular weight is 285 g/mol. The first-order valence-corrected chi connectivity index (χ1v) is 6.08. The van der Waals surface area contributed by atoms with Crippen molar-refractivity contribution >= 4 is 11.9 Å². The molecule has 0 unspecified atom stereocenters. The second-order valence-electron chi connectivity index (χ2n) is 5.46. The zero-order valence-electron chi connectivity index (χ0n) is 11.8. The van der Waals surface area contributed by atoms with Gasteiger partial charge in [-0.05, 0) is 39.8 Å². The van der Waals surface area contributed by atoms with Crippen molar-refractivity contribution in [2.24, 2.45) is 0 Å². The van der Waals surface area contributed by atoms with Crippen LogP contribution in [0.5, 0.6) is 0 Å². The lowest BCUT2D eigenvalue weighted by atomic mass is 9.98. The SMILES string of the molecule is C[C@H](C(=O)c1c(F)cccc1F)N(C(=O)O)C(C)(C)C. The summed E-state index contributed by atoms with van der Waals surface area (Å²) in [6, 6.07) is 1.88. The molecule has 0 saturated heterocycles. The Labute approximate surface area is 116 Å². The number of hydrogen-bond donors (Lipinski definition) is 1. The third kappa shape index (κ3) is 3.12. The topological polar surface area (TPSA) is 57.6 Å². The number of amides is 1. The fraction of sp³-hybridized carbons (Fsp3) is 0.429. The van der Waals surface area contributed by atoms with E-state index in [1.54, 1.807) is 20.8 Å². The van der Waals surface area contributed by atoms with E-state index in [-0.39, 0.29) is 0 Å². The van der Waals surface area contributed by atoms with E-state index in [9.17, 15) is 23.5 Å². The Morgan fingerprint density at radius 2 is 1.65 bits per heavy atom. The van der Waals surface area contributed by atoms with Crippen LogP contribution in [0.4, 0.5) is 13.6 Å². The molecule has 1 rings (SSSR count). The van der Waals surface area contributed by atoms with Gasteiger partial charge in [-0.25, -0.2) is 13.6 Å². The molecule has 6 heteroatoms. The normalized spacial score (nSPS) is 12.9. The van der Waals surface area contributed by atoms with E-state index in [4.69, 9.17) is 0 Å². The fourth-order valence-electron chi connectivity index (χ4n) is 2.09. The van der Waals surface area contributed by atoms with E-state index in [1.807, 2.05) is 0 Å². The lowest BCUT2D eigenvalue weighted by Crippen LogP contribution is -2.53. The van der Waals surface area contributed by atoms with Gasteiger partial charge in [0.25, 0.3) is 0 Å². The molecular formula is C14H17F2NO3. The van der Waals surface area contributed by atoms with Gasteiger partial charge in [-0.3, -0.25) is 9.69 Å². The summed E-state index contributed by atoms with van der Waals surface area (Å²) in [6.07, 6.45) is -1.32. The number of carbonyl (C=O) groups excluding carboxylic acids is 1. The Bertz CT molecular complexity index is 517. The molecule has 0 aromatic heterocycles. The molecule has 110 valence electrons. The molecule has 0 fully saturated rings. The molecular weight excluding hydrogens is 268 g/mol. The Kier molecular flexibility index (Phi) is 4.47. The lowest BCUT2D eigenvalue weighted by Gasteiger charge is -2.37. The van der Waals surface area contributed by atoms with Crippen molar-refractivity contribution in [3.63, 3.8) is 0 Å². The molecule has 0 aliphatic rings. The van der Waals surface area contributed by atoms with Crippen molar-refractivity contribution in [1.82, 2.24) is 4.90 Å². The molecule has 0 aliphatic carbocycles. The average Bonchev–Trinajstić information content (AvgIpc) is 2.25. The molecule has 0 heterocycles. The third-order valence-electron chi connectivity index (χ3n) is 2.90. The van der Waals surface area contributed by atoms with E-state index in [0.717, 1.165) is 23.1 Å². The van der Waals surface area contributed by atoms with Crippen LogP contribution in [0, 0.1) is 11.6 Å². The first-order valence-electron chi connectivity index (χ1n) is 6.08. The van der Waals surface area contributed by atoms with Crippen molar-refractivity contribution < 1.29 is 23.5 Å². The fourth-order valence-corrected chi connectivity index (χ4v) is 2.09. The number of hydrogen-bond acceptors (Lipinski definition) is 2. The van der Waals surface area contributed by atoms with Crippen molar-refractivity contribution in [2.75, 3.05) is 0 Å². The predicted octanol–water partition coefficient (Wildman–Crippen LogP) is 3.31. The minimum absolute atomic E-state index is 0.712. The number of halogens is 2. The van der Waals surface area contributed by atoms with Gasteiger partial charge in [0.15, 0.2) is 5.78 Å². The van der Waals surface area contributed by atoms with Gasteiger partial charge in [0.2, 0.25) is 0 Å². The van der Waals surface area contributed by atoms with Crippen LogP contribution in [0.2, 0.25) is 0 Å². The van der Waals surface area contributed by atoms with E-state index >= 15 is 0 Å². The Morgan fingerprint density at radius 1 is 1.20 bits per heavy atom. The molecule has 0 saturated carbocycles. The number of benzene rings is 1. The maximum atomic E-state index is 13.6. The summed E-state index contributed by atoms with van der Waals surface area (Å²) >= 11 is 0. The zero-order chi connectivity index (χ0) is 15.7. The summed E-state index contributed by atoms with van der Waals surface area (Å²) in [5, 5.41) is 9.20. The molecule has 0 aliphatic heterocycles. The van der Waals surface area contributed by atoms with Crippen molar-refractivity contribution in [1.29, 1.82) is 0 Å². The highest BCUT2D eigenvalue weighted by atomic mass is 19.1. The summed E-state index contributed by atoms with van der Waals surface area (Å²) in [6.45, 7) is 6.11. The minimum Gasteiger partial charge on any atom is -0.465 e. The number of nitrogens with zero attached hydrogens (tertiary/aromatic N) is 1. The first kappa shape index (κ1) is 16.1. The predicted molar refractivity (Wildman–Crippen MR) is 69.8 cm³/mol. The van der Waals surface area contributed by atoms with Crippen LogP contribution in [0.3, 0.4) is 0 Å². The Morgan fingerprint density at radius 3 is 2.00 bits per heavy atom. The van der Waals surface area contributed by atoms with Crippen LogP contribution in [-0.4, -0.2) is 33.5 Å². The number of carbonyl (C=O) groups is 2. The Hall–Kier alpha value is -1.98. The number of Topliss-reactive ketones (excluding diaryl/α,β-unsaturated/α-hetero) is 1. The van der Waals surface area contributed by atoms with Gasteiger partial charge in [0.1, 0.15) is 11.6 Å². The molecule has 1 atom stereocenters. The van der Waals surface area contributed by atoms with Gasteiger partial charge in [-0.2, -0.15) is 0 Å². The van der Waals surface area contributed by atoms with Crippen molar-refractivity contribution in [2.45, 2.75) is 39.3 Å². The molecule has 0 bridgehead atoms. The van der Waals surface area contributed by atoms with Gasteiger partial charge in [0.05, 0.1) is 11.6 Å². The summed E-state index contributed by atoms with van der Waals surface area (Å²) < 4.78 is 27.2. The second-order valence-corrected chi connectivity index (χ2v) is 5.46. The molecule has 0 spiro atoms. The third-order valence-corrected chi connectivity index (χ3v) is 2.90. The van der Waals surface area contributed by atoms with Crippen LogP contribution in [0.25, 0.3) is 0 Å². The van der Waals surface area contributed by atoms with Crippen LogP contribution in [-0.2, 0) is 0 Å². The van der Waals surface area contributed by atoms with Crippen LogP contribution < -0.4 is 0 Å². The number of carboxylic acid groups (broad SMARTS) is 1. The maximum Gasteiger partial charge on any atom is 0.408 e. The van der Waals surface area contributed by atoms with Gasteiger partial charge in [-0.1, -0.05) is 6.07 Å². The highest BCUT2D eigenvalue weighted by Gasteiger charge is 2.36.